The summed E-state index contributed by atoms with van der Waals surface area (Å²) in [5.41, 5.74) is -8.03. The molecule has 1 atom stereocenters. The Hall–Kier alpha value is -11.3. The van der Waals surface area contributed by atoms with E-state index in [-0.39, 0.29) is 48.1 Å². The number of nitriles is 4. The van der Waals surface area contributed by atoms with Gasteiger partial charge in [0.15, 0.2) is 0 Å². The van der Waals surface area contributed by atoms with Crippen LogP contribution in [0.1, 0.15) is 58.4 Å². The lowest BCUT2D eigenvalue weighted by molar-refractivity contribution is -0.172. The van der Waals surface area contributed by atoms with Crippen LogP contribution in [0.4, 0.5) is 18.2 Å². The number of aliphatic imine (C=N–C) groups is 2. The Morgan fingerprint density at radius 1 is 0.521 bits per heavy atom. The summed E-state index contributed by atoms with van der Waals surface area (Å²) in [6, 6.07) is 42.6. The number of esters is 4. The van der Waals surface area contributed by atoms with Crippen molar-refractivity contribution in [2.45, 2.75) is 63.7 Å². The molecule has 94 heavy (non-hydrogen) atoms. The van der Waals surface area contributed by atoms with E-state index >= 15 is 24.0 Å². The number of ether oxygens (including phenoxy) is 4. The van der Waals surface area contributed by atoms with Crippen molar-refractivity contribution in [1.82, 2.24) is 0 Å². The lowest BCUT2D eigenvalue weighted by atomic mass is 9.77. The van der Waals surface area contributed by atoms with Crippen molar-refractivity contribution < 1.29 is 60.9 Å². The lowest BCUT2D eigenvalue weighted by Gasteiger charge is -2.29. The van der Waals surface area contributed by atoms with Gasteiger partial charge in [0, 0.05) is 43.0 Å². The third-order valence-electron chi connectivity index (χ3n) is 16.8. The van der Waals surface area contributed by atoms with Gasteiger partial charge in [-0.1, -0.05) is 146 Å². The third kappa shape index (κ3) is 10.3. The van der Waals surface area contributed by atoms with E-state index in [9.17, 15) is 39.0 Å². The first kappa shape index (κ1) is 61.6. The number of alkyl halides is 3. The average molecular weight is 1310 g/mol. The highest BCUT2D eigenvalue weighted by molar-refractivity contribution is 7.40. The van der Waals surface area contributed by atoms with Gasteiger partial charge in [-0.2, -0.15) is 34.2 Å². The molecule has 3 heterocycles. The van der Waals surface area contributed by atoms with Gasteiger partial charge in [-0.25, -0.2) is 9.98 Å². The fourth-order valence-electron chi connectivity index (χ4n) is 12.4. The van der Waals surface area contributed by atoms with Crippen molar-refractivity contribution in [1.29, 1.82) is 21.0 Å². The fourth-order valence-corrected chi connectivity index (χ4v) is 16.8. The molecule has 2 fully saturated rings. The smallest absolute Gasteiger partial charge is 0.392 e. The standard InChI is InChI=1S/C72H43F3N6O10S3/c73-72(74,75)45-25-27-47-49(28-26-45)61(83)58(55(47)44(33-78)34-79)80-52-29-50-56(71(52,68(86)90-37-41-19-9-3-10-20-41)69(87)91-38-42-21-11-4-12-22-42)63-57(70(50,66(84)88-35-39-15-5-1-6-16-39)67(85)89-36-40-17-7-2-8-18-40)64-65(94-63)62-51(92-64)30-53(93-62)81-59-54(43(31-76)32-77)46-23-13-14-24-48(46)60(59)82/h1-12,15-24,27-30,45H,13-14,25-26,35-38H2. The number of hydrogen-bond acceptors (Lipinski definition) is 19. The second kappa shape index (κ2) is 24.7. The zero-order valence-corrected chi connectivity index (χ0v) is 51.3. The molecule has 460 valence electrons. The number of ketones is 2. The predicted octanol–water partition coefficient (Wildman–Crippen LogP) is 13.9. The molecular formula is C72H43F3N6O10S3. The minimum absolute atomic E-state index is 0.0589. The highest BCUT2D eigenvalue weighted by atomic mass is 32.1. The Morgan fingerprint density at radius 3 is 1.39 bits per heavy atom. The van der Waals surface area contributed by atoms with E-state index in [1.54, 1.807) is 152 Å². The maximum absolute atomic E-state index is 16.4. The van der Waals surface area contributed by atoms with E-state index in [0.717, 1.165) is 52.2 Å². The van der Waals surface area contributed by atoms with Gasteiger partial charge in [-0.05, 0) is 76.8 Å². The van der Waals surface area contributed by atoms with Gasteiger partial charge < -0.3 is 18.9 Å². The molecule has 0 bridgehead atoms. The van der Waals surface area contributed by atoms with E-state index in [0.29, 0.717) is 60.3 Å². The number of hydrogen-bond donors (Lipinski definition) is 0. The van der Waals surface area contributed by atoms with E-state index in [2.05, 4.69) is 0 Å². The molecule has 0 amide bonds. The summed E-state index contributed by atoms with van der Waals surface area (Å²) in [4.78, 5) is 104. The summed E-state index contributed by atoms with van der Waals surface area (Å²) >= 11 is 3.11. The molecule has 2 saturated carbocycles. The minimum Gasteiger partial charge on any atom is -0.459 e. The van der Waals surface area contributed by atoms with Gasteiger partial charge in [0.25, 0.3) is 0 Å². The number of benzene rings is 4. The van der Waals surface area contributed by atoms with Crippen LogP contribution in [-0.2, 0) is 79.6 Å². The summed E-state index contributed by atoms with van der Waals surface area (Å²) < 4.78 is 69.9. The van der Waals surface area contributed by atoms with E-state index in [1.165, 1.54) is 0 Å². The zero-order chi connectivity index (χ0) is 65.6. The number of fused-ring (bicyclic) bond motifs is 8. The molecule has 13 rings (SSSR count). The van der Waals surface area contributed by atoms with Crippen LogP contribution < -0.4 is 0 Å². The Kier molecular flexibility index (Phi) is 16.2. The summed E-state index contributed by atoms with van der Waals surface area (Å²) in [6.45, 7) is -1.93. The molecule has 22 heteroatoms. The quantitative estimate of drug-likeness (QED) is 0.0424. The van der Waals surface area contributed by atoms with Gasteiger partial charge >= 0.3 is 30.1 Å². The van der Waals surface area contributed by atoms with Crippen LogP contribution in [0.2, 0.25) is 0 Å². The average Bonchev–Trinajstić information content (AvgIpc) is 1.49. The maximum Gasteiger partial charge on any atom is 0.392 e. The predicted molar refractivity (Wildman–Crippen MR) is 341 cm³/mol. The van der Waals surface area contributed by atoms with Crippen molar-refractivity contribution in [3.8, 4) is 24.3 Å². The Bertz CT molecular complexity index is 4870. The molecule has 0 N–H and O–H groups in total. The molecule has 6 aliphatic rings. The maximum atomic E-state index is 16.4. The van der Waals surface area contributed by atoms with Crippen LogP contribution >= 0.6 is 34.0 Å². The van der Waals surface area contributed by atoms with E-state index in [1.807, 2.05) is 12.1 Å². The van der Waals surface area contributed by atoms with Gasteiger partial charge in [0.1, 0.15) is 78.3 Å². The summed E-state index contributed by atoms with van der Waals surface area (Å²) in [7, 11) is 0. The summed E-state index contributed by atoms with van der Waals surface area (Å²) in [5, 5.41) is 41.7. The van der Waals surface area contributed by atoms with E-state index < -0.39 is 131 Å². The molecule has 0 radical (unpaired) electrons. The molecule has 0 saturated heterocycles. The first-order chi connectivity index (χ1) is 45.6. The highest BCUT2D eigenvalue weighted by Gasteiger charge is 2.71. The van der Waals surface area contributed by atoms with Crippen molar-refractivity contribution in [2.24, 2.45) is 21.3 Å². The molecule has 4 aromatic carbocycles. The molecular weight excluding hydrogens is 1260 g/mol. The van der Waals surface area contributed by atoms with Crippen LogP contribution in [0.5, 0.6) is 0 Å². The molecule has 1 unspecified atom stereocenters. The van der Waals surface area contributed by atoms with Crippen molar-refractivity contribution in [3.63, 3.8) is 0 Å². The van der Waals surface area contributed by atoms with E-state index in [4.69, 9.17) is 28.9 Å². The Morgan fingerprint density at radius 2 is 0.936 bits per heavy atom. The SMILES string of the molecule is N#CC(C#N)=C1C2=CCC(C(F)(F)F)CC=C2C(=O)C1=NC1=CC2=C(c3sc4c(sc5cc(N=C6C(=O)C7=CCCC=C7C6=C(C#N)C#N)sc54)c3C2(C(=O)OCc2ccccc2)C(=O)OCc2ccccc2)C1(C(=O)OCc1ccccc1)C(=O)OCc1ccccc1. The van der Waals surface area contributed by atoms with Crippen molar-refractivity contribution >= 4 is 110 Å². The molecule has 16 nitrogen and oxygen atoms in total. The third-order valence-corrected chi connectivity index (χ3v) is 20.6. The lowest BCUT2D eigenvalue weighted by Crippen LogP contribution is -2.46. The normalized spacial score (nSPS) is 18.2. The second-order valence-electron chi connectivity index (χ2n) is 22.2. The Labute approximate surface area is 544 Å². The van der Waals surface area contributed by atoms with Crippen LogP contribution in [-0.4, -0.2) is 53.0 Å². The number of rotatable bonds is 14. The van der Waals surface area contributed by atoms with Crippen molar-refractivity contribution in [2.75, 3.05) is 0 Å². The minimum atomic E-state index is -4.73. The largest absolute Gasteiger partial charge is 0.459 e. The second-order valence-corrected chi connectivity index (χ2v) is 25.3. The number of allylic oxidation sites excluding steroid dienone is 13. The molecule has 0 spiro atoms. The van der Waals surface area contributed by atoms with Gasteiger partial charge in [0.2, 0.25) is 22.4 Å². The number of carbonyl (C=O) groups excluding carboxylic acids is 6. The van der Waals surface area contributed by atoms with Gasteiger partial charge in [0.05, 0.1) is 25.7 Å². The first-order valence-corrected chi connectivity index (χ1v) is 31.6. The van der Waals surface area contributed by atoms with Crippen LogP contribution in [0.25, 0.3) is 24.4 Å². The topological polar surface area (TPSA) is 259 Å². The van der Waals surface area contributed by atoms with Crippen LogP contribution in [0.15, 0.2) is 224 Å². The summed E-state index contributed by atoms with van der Waals surface area (Å²) in [6.07, 6.45) is 1.72. The molecule has 7 aromatic rings. The molecule has 6 aliphatic carbocycles. The first-order valence-electron chi connectivity index (χ1n) is 29.1. The van der Waals surface area contributed by atoms with Gasteiger partial charge in [-0.15, -0.1) is 34.0 Å². The number of Topliss-reactive ketones (excluding diaryl/α,β-unsaturated/α-hetero) is 2. The number of nitrogens with zero attached hydrogens (tertiary/aromatic N) is 6. The number of carbonyl (C=O) groups is 6. The van der Waals surface area contributed by atoms with Crippen molar-refractivity contribution in [3.05, 3.63) is 246 Å². The number of halogens is 3. The number of thiophene rings is 3. The fraction of sp³-hybridized carbons (Fsp3) is 0.167. The van der Waals surface area contributed by atoms with Gasteiger partial charge in [-0.3, -0.25) is 28.8 Å². The molecule has 0 aliphatic heterocycles. The Balaban J connectivity index is 1.10. The van der Waals surface area contributed by atoms with Crippen LogP contribution in [0.3, 0.4) is 0 Å². The van der Waals surface area contributed by atoms with Crippen LogP contribution in [0, 0.1) is 56.7 Å². The highest BCUT2D eigenvalue weighted by Crippen LogP contribution is 2.67. The molecule has 3 aromatic heterocycles. The monoisotopic (exact) mass is 1300 g/mol. The summed E-state index contributed by atoms with van der Waals surface area (Å²) in [5.74, 6) is -8.91. The zero-order valence-electron chi connectivity index (χ0n) is 48.9.